The Kier molecular flexibility index (Phi) is 7.13. The summed E-state index contributed by atoms with van der Waals surface area (Å²) in [6.07, 6.45) is 1.08. The van der Waals surface area contributed by atoms with E-state index in [0.29, 0.717) is 5.92 Å². The lowest BCUT2D eigenvalue weighted by atomic mass is 9.92. The van der Waals surface area contributed by atoms with Gasteiger partial charge in [0, 0.05) is 17.8 Å². The number of aliphatic hydroxyl groups excluding tert-OH is 1. The van der Waals surface area contributed by atoms with Crippen LogP contribution in [0.2, 0.25) is 0 Å². The molecule has 4 N–H and O–H groups in total. The zero-order valence-corrected chi connectivity index (χ0v) is 13.9. The summed E-state index contributed by atoms with van der Waals surface area (Å²) in [5.41, 5.74) is 5.27. The van der Waals surface area contributed by atoms with Crippen molar-refractivity contribution in [2.75, 3.05) is 0 Å². The molecule has 2 rings (SSSR count). The van der Waals surface area contributed by atoms with Gasteiger partial charge < -0.3 is 20.3 Å². The number of carboxylic acid groups (broad SMARTS) is 2. The van der Waals surface area contributed by atoms with Crippen LogP contribution in [0.4, 0.5) is 0 Å². The van der Waals surface area contributed by atoms with Crippen molar-refractivity contribution in [1.29, 1.82) is 0 Å². The largest absolute Gasteiger partial charge is 0.481 e. The molecule has 130 valence electrons. The van der Waals surface area contributed by atoms with Crippen molar-refractivity contribution >= 4 is 11.9 Å². The summed E-state index contributed by atoms with van der Waals surface area (Å²) < 4.78 is 0. The Morgan fingerprint density at radius 3 is 2.38 bits per heavy atom. The first-order chi connectivity index (χ1) is 11.2. The van der Waals surface area contributed by atoms with Crippen LogP contribution in [-0.2, 0) is 9.59 Å². The Balaban J connectivity index is 0.000000277. The number of imidazole rings is 1. The predicted octanol–water partition coefficient (Wildman–Crippen LogP) is 2.08. The zero-order valence-electron chi connectivity index (χ0n) is 13.9. The van der Waals surface area contributed by atoms with Gasteiger partial charge in [0.1, 0.15) is 0 Å². The van der Waals surface area contributed by atoms with Crippen LogP contribution >= 0.6 is 0 Å². The number of nitrogens with zero attached hydrogens (tertiary/aromatic N) is 1. The van der Waals surface area contributed by atoms with Gasteiger partial charge in [-0.25, -0.2) is 9.78 Å². The van der Waals surface area contributed by atoms with E-state index in [9.17, 15) is 9.59 Å². The smallest absolute Gasteiger partial charge is 0.333 e. The Morgan fingerprint density at radius 1 is 1.25 bits per heavy atom. The van der Waals surface area contributed by atoms with Crippen LogP contribution < -0.4 is 0 Å². The lowest BCUT2D eigenvalue weighted by Gasteiger charge is -2.14. The number of aromatic amines is 1. The number of aliphatic hydroxyl groups is 1. The van der Waals surface area contributed by atoms with Gasteiger partial charge >= 0.3 is 11.9 Å². The average Bonchev–Trinajstić information content (AvgIpc) is 3.03. The maximum Gasteiger partial charge on any atom is 0.333 e. The molecule has 0 aliphatic rings. The third-order valence-corrected chi connectivity index (χ3v) is 3.75. The van der Waals surface area contributed by atoms with E-state index in [1.54, 1.807) is 6.33 Å². The first kappa shape index (κ1) is 19.4. The summed E-state index contributed by atoms with van der Waals surface area (Å²) in [6, 6.07) is 6.46. The fourth-order valence-corrected chi connectivity index (χ4v) is 2.17. The Hall–Kier alpha value is -2.67. The van der Waals surface area contributed by atoms with E-state index in [2.05, 4.69) is 48.9 Å². The van der Waals surface area contributed by atoms with Crippen LogP contribution in [0.15, 0.2) is 30.7 Å². The second-order valence-electron chi connectivity index (χ2n) is 5.47. The summed E-state index contributed by atoms with van der Waals surface area (Å²) in [6.45, 7) is 6.53. The molecule has 0 fully saturated rings. The molecule has 0 aliphatic heterocycles. The number of aryl methyl sites for hydroxylation is 1. The third-order valence-electron chi connectivity index (χ3n) is 3.75. The molecule has 0 saturated heterocycles. The molecule has 1 heterocycles. The molecule has 24 heavy (non-hydrogen) atoms. The van der Waals surface area contributed by atoms with Gasteiger partial charge in [-0.3, -0.25) is 4.79 Å². The fourth-order valence-electron chi connectivity index (χ4n) is 2.17. The zero-order chi connectivity index (χ0) is 18.3. The van der Waals surface area contributed by atoms with Crippen molar-refractivity contribution in [3.05, 3.63) is 53.1 Å². The number of nitrogens with one attached hydrogen (secondary N) is 1. The van der Waals surface area contributed by atoms with Crippen molar-refractivity contribution in [2.24, 2.45) is 0 Å². The van der Waals surface area contributed by atoms with Crippen LogP contribution in [0, 0.1) is 13.8 Å². The summed E-state index contributed by atoms with van der Waals surface area (Å²) >= 11 is 0. The van der Waals surface area contributed by atoms with E-state index >= 15 is 0 Å². The standard InChI is InChI=1S/C13H16N2.C4H6O5/c1-9-5-4-6-12(10(9)2)11(3)13-7-14-8-15-13;5-2(4(8)9)1-3(6)7/h4-8,11H,1-3H3,(H,14,15);2,5H,1H2,(H,6,7)(H,8,9)/t11-;/m0./s1. The molecule has 0 radical (unpaired) electrons. The lowest BCUT2D eigenvalue weighted by Crippen LogP contribution is -2.22. The number of H-pyrrole nitrogens is 1. The van der Waals surface area contributed by atoms with Crippen molar-refractivity contribution < 1.29 is 24.9 Å². The molecule has 1 aromatic carbocycles. The maximum absolute atomic E-state index is 9.72. The molecule has 0 aliphatic carbocycles. The van der Waals surface area contributed by atoms with Crippen molar-refractivity contribution in [3.8, 4) is 0 Å². The van der Waals surface area contributed by atoms with Gasteiger partial charge in [-0.1, -0.05) is 25.1 Å². The molecular formula is C17H22N2O5. The molecule has 2 atom stereocenters. The molecule has 0 spiro atoms. The molecule has 0 bridgehead atoms. The van der Waals surface area contributed by atoms with E-state index in [1.807, 2.05) is 6.20 Å². The van der Waals surface area contributed by atoms with Gasteiger partial charge in [0.25, 0.3) is 0 Å². The van der Waals surface area contributed by atoms with Gasteiger partial charge in [0.15, 0.2) is 6.10 Å². The fraction of sp³-hybridized carbons (Fsp3) is 0.353. The molecular weight excluding hydrogens is 312 g/mol. The lowest BCUT2D eigenvalue weighted by molar-refractivity contribution is -0.152. The van der Waals surface area contributed by atoms with Gasteiger partial charge in [0.05, 0.1) is 12.7 Å². The highest BCUT2D eigenvalue weighted by Crippen LogP contribution is 2.26. The second kappa shape index (κ2) is 8.83. The topological polar surface area (TPSA) is 124 Å². The van der Waals surface area contributed by atoms with Gasteiger partial charge in [0.2, 0.25) is 0 Å². The number of carbonyl (C=O) groups is 2. The normalized spacial score (nSPS) is 12.7. The SMILES string of the molecule is Cc1cccc([C@H](C)c2cnc[nH]2)c1C.O=C(O)CC(O)C(=O)O. The monoisotopic (exact) mass is 334 g/mol. The molecule has 1 unspecified atom stereocenters. The molecule has 1 aromatic heterocycles. The minimum Gasteiger partial charge on any atom is -0.481 e. The first-order valence-electron chi connectivity index (χ1n) is 7.41. The summed E-state index contributed by atoms with van der Waals surface area (Å²) in [5.74, 6) is -2.46. The highest BCUT2D eigenvalue weighted by molar-refractivity contribution is 5.79. The number of hydrogen-bond acceptors (Lipinski definition) is 4. The van der Waals surface area contributed by atoms with Gasteiger partial charge in [-0.2, -0.15) is 0 Å². The molecule has 7 nitrogen and oxygen atoms in total. The molecule has 2 aromatic rings. The number of hydrogen-bond donors (Lipinski definition) is 4. The minimum absolute atomic E-state index is 0.382. The van der Waals surface area contributed by atoms with Crippen LogP contribution in [0.5, 0.6) is 0 Å². The number of rotatable bonds is 5. The van der Waals surface area contributed by atoms with Crippen molar-refractivity contribution in [1.82, 2.24) is 9.97 Å². The number of benzene rings is 1. The van der Waals surface area contributed by atoms with Crippen LogP contribution in [0.3, 0.4) is 0 Å². The molecule has 0 amide bonds. The molecule has 7 heteroatoms. The third kappa shape index (κ3) is 5.51. The number of carboxylic acids is 2. The Morgan fingerprint density at radius 2 is 1.92 bits per heavy atom. The van der Waals surface area contributed by atoms with Gasteiger partial charge in [-0.15, -0.1) is 0 Å². The number of aliphatic carboxylic acids is 2. The van der Waals surface area contributed by atoms with E-state index < -0.39 is 24.5 Å². The van der Waals surface area contributed by atoms with Gasteiger partial charge in [-0.05, 0) is 30.5 Å². The molecule has 0 saturated carbocycles. The Labute approximate surface area is 140 Å². The van der Waals surface area contributed by atoms with Crippen LogP contribution in [0.25, 0.3) is 0 Å². The highest BCUT2D eigenvalue weighted by atomic mass is 16.4. The van der Waals surface area contributed by atoms with Crippen LogP contribution in [-0.4, -0.2) is 43.3 Å². The quantitative estimate of drug-likeness (QED) is 0.664. The van der Waals surface area contributed by atoms with E-state index in [4.69, 9.17) is 15.3 Å². The van der Waals surface area contributed by atoms with Crippen molar-refractivity contribution in [3.63, 3.8) is 0 Å². The van der Waals surface area contributed by atoms with Crippen LogP contribution in [0.1, 0.15) is 41.6 Å². The Bertz CT molecular complexity index is 682. The van der Waals surface area contributed by atoms with E-state index in [-0.39, 0.29) is 0 Å². The summed E-state index contributed by atoms with van der Waals surface area (Å²) in [7, 11) is 0. The second-order valence-corrected chi connectivity index (χ2v) is 5.47. The predicted molar refractivity (Wildman–Crippen MR) is 87.9 cm³/mol. The average molecular weight is 334 g/mol. The number of aromatic nitrogens is 2. The van der Waals surface area contributed by atoms with Crippen molar-refractivity contribution in [2.45, 2.75) is 39.2 Å². The maximum atomic E-state index is 9.72. The minimum atomic E-state index is -1.79. The van der Waals surface area contributed by atoms with E-state index in [1.165, 1.54) is 22.4 Å². The summed E-state index contributed by atoms with van der Waals surface area (Å²) in [5, 5.41) is 24.1. The summed E-state index contributed by atoms with van der Waals surface area (Å²) in [4.78, 5) is 26.6. The first-order valence-corrected chi connectivity index (χ1v) is 7.41. The highest BCUT2D eigenvalue weighted by Gasteiger charge is 2.16. The van der Waals surface area contributed by atoms with E-state index in [0.717, 1.165) is 0 Å².